The zero-order valence-corrected chi connectivity index (χ0v) is 74.7. The molecule has 131 heavy (non-hydrogen) atoms. The van der Waals surface area contributed by atoms with Gasteiger partial charge in [0.15, 0.2) is 17.1 Å². The van der Waals surface area contributed by atoms with E-state index < -0.39 is 29.8 Å². The Kier molecular flexibility index (Phi) is 33.9. The molecule has 0 saturated heterocycles. The van der Waals surface area contributed by atoms with Crippen molar-refractivity contribution in [3.8, 4) is 82.8 Å². The number of fused-ring (bicyclic) bond motifs is 10. The van der Waals surface area contributed by atoms with Crippen molar-refractivity contribution in [2.45, 2.75) is 112 Å². The summed E-state index contributed by atoms with van der Waals surface area (Å²) in [6, 6.07) is 56.2. The van der Waals surface area contributed by atoms with Crippen molar-refractivity contribution in [3.63, 3.8) is 0 Å². The number of rotatable bonds is 21. The number of methoxy groups -OCH3 is 5. The molecule has 0 saturated carbocycles. The Balaban J connectivity index is 1.22. The fourth-order valence-corrected chi connectivity index (χ4v) is 14.5. The van der Waals surface area contributed by atoms with Crippen molar-refractivity contribution in [2.24, 2.45) is 0 Å². The minimum Gasteiger partial charge on any atom is -0.492 e. The Bertz CT molecular complexity index is 6750. The molecule has 0 spiro atoms. The molecule has 10 bridgehead atoms. The zero-order chi connectivity index (χ0) is 93.3. The van der Waals surface area contributed by atoms with Gasteiger partial charge in [-0.05, 0) is 300 Å². The van der Waals surface area contributed by atoms with Gasteiger partial charge in [-0.1, -0.05) is 155 Å². The second kappa shape index (κ2) is 46.9. The number of hydrogen-bond donors (Lipinski definition) is 0. The fourth-order valence-electron chi connectivity index (χ4n) is 14.5. The highest BCUT2D eigenvalue weighted by molar-refractivity contribution is 5.99. The molecule has 0 atom stereocenters. The first-order valence-electron chi connectivity index (χ1n) is 42.8. The summed E-state index contributed by atoms with van der Waals surface area (Å²) in [5.74, 6) is 31.0. The van der Waals surface area contributed by atoms with Crippen molar-refractivity contribution in [3.05, 3.63) is 372 Å². The lowest BCUT2D eigenvalue weighted by atomic mass is 9.94. The Morgan fingerprint density at radius 1 is 0.290 bits per heavy atom. The van der Waals surface area contributed by atoms with E-state index in [0.717, 1.165) is 77.0 Å². The molecular weight excluding hydrogens is 1630 g/mol. The Hall–Kier alpha value is -16.9. The standard InChI is InChI=1S/C114H93N5O12/c1-14-16-18-20-22-24-46-130-108-71-96(113(123)128-12)44-39-91(108)34-29-79-53-85-62-99(57-79)103(73-115)66-83-51-78(26-31-88-36-41-93(48-75(88)3)110(120)125-9)56-98(61-83)104(74-116)67-84-52-80(27-32-89-37-42-94(49-76(89)4)111(121)126-10)58-100(63-84)106(118-7)69-86-54-81(28-33-90-38-43-95(50-77(90)5)112(122)127-11)59-101(64-86)107(119-8)70-87-55-82(60-102(65-87)105(68-85)117-6)30-35-92-40-45-97(114(124)129-13)72-109(92)131-47-25-23-21-19-17-15-2/h36-45,48-72H,14-25,46-47H2,1-5,9-13H3/b103-66+,104-67?,105-68-,106-69-,107-70-. The average Bonchev–Trinajstić information content (AvgIpc) is 1.26. The third-order valence-corrected chi connectivity index (χ3v) is 21.4. The number of aryl methyl sites for hydroxylation is 3. The molecule has 0 radical (unpaired) electrons. The number of esters is 5. The van der Waals surface area contributed by atoms with Crippen LogP contribution in [0.25, 0.3) is 73.2 Å². The molecule has 1 aliphatic carbocycles. The quantitative estimate of drug-likeness (QED) is 0.0215. The third-order valence-electron chi connectivity index (χ3n) is 21.4. The van der Waals surface area contributed by atoms with E-state index in [1.807, 2.05) is 20.8 Å². The largest absolute Gasteiger partial charge is 0.492 e. The maximum atomic E-state index is 13.1. The van der Waals surface area contributed by atoms with Gasteiger partial charge < -0.3 is 33.2 Å². The van der Waals surface area contributed by atoms with Crippen LogP contribution in [-0.2, 0) is 23.7 Å². The minimum absolute atomic E-state index is 0.0984. The number of carbonyl (C=O) groups excluding carboxylic acids is 5. The van der Waals surface area contributed by atoms with Crippen molar-refractivity contribution < 1.29 is 57.1 Å². The highest BCUT2D eigenvalue weighted by atomic mass is 16.5. The van der Waals surface area contributed by atoms with Gasteiger partial charge in [0.25, 0.3) is 0 Å². The predicted octanol–water partition coefficient (Wildman–Crippen LogP) is 23.7. The molecule has 0 aromatic heterocycles. The van der Waals surface area contributed by atoms with Crippen molar-refractivity contribution in [1.29, 1.82) is 10.5 Å². The van der Waals surface area contributed by atoms with Crippen molar-refractivity contribution in [1.82, 2.24) is 0 Å². The Morgan fingerprint density at radius 3 is 0.802 bits per heavy atom. The van der Waals surface area contributed by atoms with Crippen LogP contribution in [0.2, 0.25) is 0 Å². The van der Waals surface area contributed by atoms with Gasteiger partial charge in [0.2, 0.25) is 0 Å². The summed E-state index contributed by atoms with van der Waals surface area (Å²) in [7, 11) is 6.52. The smallest absolute Gasteiger partial charge is 0.337 e. The minimum atomic E-state index is -0.565. The highest BCUT2D eigenvalue weighted by Gasteiger charge is 2.20. The summed E-state index contributed by atoms with van der Waals surface area (Å²) in [4.78, 5) is 76.8. The monoisotopic (exact) mass is 1720 g/mol. The fraction of sp³-hybridized carbons (Fsp3) is 0.211. The van der Waals surface area contributed by atoms with E-state index in [0.29, 0.717) is 169 Å². The Morgan fingerprint density at radius 2 is 0.534 bits per heavy atom. The van der Waals surface area contributed by atoms with Crippen molar-refractivity contribution >= 4 is 88.5 Å². The van der Waals surface area contributed by atoms with Crippen LogP contribution in [0.3, 0.4) is 0 Å². The number of carbonyl (C=O) groups is 5. The zero-order valence-electron chi connectivity index (χ0n) is 74.7. The predicted molar refractivity (Wildman–Crippen MR) is 513 cm³/mol. The summed E-state index contributed by atoms with van der Waals surface area (Å²) in [5, 5.41) is 23.3. The van der Waals surface area contributed by atoms with Gasteiger partial charge in [0.05, 0.1) is 131 Å². The van der Waals surface area contributed by atoms with Gasteiger partial charge in [-0.25, -0.2) is 38.5 Å². The van der Waals surface area contributed by atoms with E-state index in [2.05, 4.69) is 99.7 Å². The summed E-state index contributed by atoms with van der Waals surface area (Å²) in [6.45, 7) is 37.7. The molecule has 646 valence electrons. The van der Waals surface area contributed by atoms with E-state index in [1.54, 1.807) is 212 Å². The molecule has 10 aromatic rings. The molecule has 10 aromatic carbocycles. The van der Waals surface area contributed by atoms with Crippen molar-refractivity contribution in [2.75, 3.05) is 48.8 Å². The normalized spacial score (nSPS) is 12.7. The summed E-state index contributed by atoms with van der Waals surface area (Å²) >= 11 is 0. The lowest BCUT2D eigenvalue weighted by Gasteiger charge is -2.10. The average molecular weight is 1730 g/mol. The number of unbranched alkanes of at least 4 members (excludes halogenated alkanes) is 10. The topological polar surface area (TPSA) is 211 Å². The molecule has 1 aliphatic rings. The van der Waals surface area contributed by atoms with Crippen LogP contribution >= 0.6 is 0 Å². The van der Waals surface area contributed by atoms with Crippen LogP contribution in [0.15, 0.2) is 182 Å². The molecule has 0 fully saturated rings. The first-order valence-corrected chi connectivity index (χ1v) is 42.8. The van der Waals surface area contributed by atoms with Gasteiger partial charge in [0, 0.05) is 44.5 Å². The maximum Gasteiger partial charge on any atom is 0.337 e. The lowest BCUT2D eigenvalue weighted by molar-refractivity contribution is 0.0591. The van der Waals surface area contributed by atoms with Crippen LogP contribution < -0.4 is 9.47 Å². The van der Waals surface area contributed by atoms with Gasteiger partial charge in [-0.3, -0.25) is 0 Å². The maximum absolute atomic E-state index is 13.1. The van der Waals surface area contributed by atoms with Crippen LogP contribution in [0.4, 0.5) is 0 Å². The molecule has 11 rings (SSSR count). The van der Waals surface area contributed by atoms with Crippen LogP contribution in [0, 0.1) is 122 Å². The SMILES string of the molecule is [C-]#[N+]/C1=C\c2cc(C#Cc3ccc(C(=O)OC)cc3C)cc(c2)/C([N+]#[C-])=C/c2cc(C#Cc3ccc(C(=O)OC)cc3OCCCCCCCC)cc(c2)/C([N+]#[C-])=C/c2cc(C#Cc3ccc(C(=O)OC)cc3OCCCCCCCC)cc(c2)/C(C#N)=C/c2cc(C#Cc3ccc(C(=O)OC)cc3C)cc(c2)C(C#N)=Cc2cc(C#Cc3ccc(C(=O)OC)cc3C)cc1c2. The molecular formula is C114H93N5O12. The summed E-state index contributed by atoms with van der Waals surface area (Å²) < 4.78 is 38.2. The van der Waals surface area contributed by atoms with Crippen LogP contribution in [-0.4, -0.2) is 78.6 Å². The molecule has 0 amide bonds. The van der Waals surface area contributed by atoms with Crippen LogP contribution in [0.5, 0.6) is 11.5 Å². The number of nitrogens with zero attached hydrogens (tertiary/aromatic N) is 5. The molecule has 0 unspecified atom stereocenters. The van der Waals surface area contributed by atoms with E-state index in [-0.39, 0.29) is 39.4 Å². The number of allylic oxidation sites excluding steroid dienone is 2. The third kappa shape index (κ3) is 26.1. The van der Waals surface area contributed by atoms with Gasteiger partial charge in [0.1, 0.15) is 11.5 Å². The van der Waals surface area contributed by atoms with E-state index in [4.69, 9.17) is 52.9 Å². The first kappa shape index (κ1) is 94.8. The van der Waals surface area contributed by atoms with E-state index >= 15 is 0 Å². The first-order chi connectivity index (χ1) is 63.6. The molecule has 0 N–H and O–H groups in total. The molecule has 0 aliphatic heterocycles. The number of benzene rings is 10. The molecule has 17 heteroatoms. The Labute approximate surface area is 766 Å². The second-order valence-electron chi connectivity index (χ2n) is 30.9. The summed E-state index contributed by atoms with van der Waals surface area (Å²) in [6.07, 6.45) is 20.5. The number of nitriles is 2. The highest BCUT2D eigenvalue weighted by Crippen LogP contribution is 2.35. The van der Waals surface area contributed by atoms with Gasteiger partial charge in [-0.2, -0.15) is 10.5 Å². The summed E-state index contributed by atoms with van der Waals surface area (Å²) in [5.41, 5.74) is 12.9. The van der Waals surface area contributed by atoms with E-state index in [1.165, 1.54) is 35.5 Å². The van der Waals surface area contributed by atoms with Crippen LogP contribution in [0.1, 0.15) is 271 Å². The van der Waals surface area contributed by atoms with Gasteiger partial charge >= 0.3 is 29.8 Å². The van der Waals surface area contributed by atoms with E-state index in [9.17, 15) is 34.5 Å². The number of hydrogen-bond acceptors (Lipinski definition) is 14. The molecule has 0 heterocycles. The van der Waals surface area contributed by atoms with Gasteiger partial charge in [-0.15, -0.1) is 0 Å². The second-order valence-corrected chi connectivity index (χ2v) is 30.9. The number of ether oxygens (including phenoxy) is 7. The molecule has 17 nitrogen and oxygen atoms in total. The lowest BCUT2D eigenvalue weighted by Crippen LogP contribution is -2.04.